The molecule has 0 fully saturated rings. The van der Waals surface area contributed by atoms with E-state index in [0.29, 0.717) is 5.56 Å². The van der Waals surface area contributed by atoms with Gasteiger partial charge in [-0.1, -0.05) is 29.8 Å². The van der Waals surface area contributed by atoms with Gasteiger partial charge in [-0.15, -0.1) is 11.3 Å². The number of H-pyrrole nitrogens is 1. The Labute approximate surface area is 135 Å². The van der Waals surface area contributed by atoms with Gasteiger partial charge in [-0.25, -0.2) is 9.37 Å². The summed E-state index contributed by atoms with van der Waals surface area (Å²) in [5.41, 5.74) is 4.10. The molecule has 0 saturated heterocycles. The van der Waals surface area contributed by atoms with Gasteiger partial charge < -0.3 is 4.98 Å². The van der Waals surface area contributed by atoms with E-state index in [-0.39, 0.29) is 5.82 Å². The molecule has 1 aromatic carbocycles. The van der Waals surface area contributed by atoms with Crippen molar-refractivity contribution < 1.29 is 4.39 Å². The maximum atomic E-state index is 14.2. The summed E-state index contributed by atoms with van der Waals surface area (Å²) in [5, 5.41) is 2.90. The molecule has 0 atom stereocenters. The van der Waals surface area contributed by atoms with E-state index < -0.39 is 0 Å². The van der Waals surface area contributed by atoms with Gasteiger partial charge in [0.15, 0.2) is 0 Å². The number of aromatic amines is 1. The van der Waals surface area contributed by atoms with Gasteiger partial charge >= 0.3 is 0 Å². The van der Waals surface area contributed by atoms with Gasteiger partial charge in [0.05, 0.1) is 4.34 Å². The van der Waals surface area contributed by atoms with Gasteiger partial charge in [-0.3, -0.25) is 0 Å². The maximum absolute atomic E-state index is 14.2. The van der Waals surface area contributed by atoms with Crippen LogP contribution in [-0.2, 0) is 0 Å². The Balaban J connectivity index is 2.04. The lowest BCUT2D eigenvalue weighted by molar-refractivity contribution is 0.631. The molecule has 0 aliphatic carbocycles. The van der Waals surface area contributed by atoms with Crippen molar-refractivity contribution in [3.8, 4) is 22.3 Å². The number of hydrogen-bond donors (Lipinski definition) is 1. The summed E-state index contributed by atoms with van der Waals surface area (Å²) >= 11 is 7.53. The van der Waals surface area contributed by atoms with Crippen LogP contribution in [0.5, 0.6) is 0 Å². The number of pyridine rings is 1. The SMILES string of the molecule is Fc1ccccc1-c1c[nH]c2nccc(-c3csc(Cl)c3)c12. The molecule has 0 unspecified atom stereocenters. The van der Waals surface area contributed by atoms with Gasteiger partial charge in [0.2, 0.25) is 0 Å². The first-order chi connectivity index (χ1) is 10.7. The summed E-state index contributed by atoms with van der Waals surface area (Å²) in [6.45, 7) is 0. The lowest BCUT2D eigenvalue weighted by Gasteiger charge is -2.05. The van der Waals surface area contributed by atoms with Crippen molar-refractivity contribution in [3.63, 3.8) is 0 Å². The van der Waals surface area contributed by atoms with Crippen molar-refractivity contribution in [2.75, 3.05) is 0 Å². The van der Waals surface area contributed by atoms with Crippen LogP contribution >= 0.6 is 22.9 Å². The van der Waals surface area contributed by atoms with Crippen LogP contribution in [0.25, 0.3) is 33.3 Å². The zero-order valence-electron chi connectivity index (χ0n) is 11.3. The van der Waals surface area contributed by atoms with E-state index in [1.54, 1.807) is 24.5 Å². The summed E-state index contributed by atoms with van der Waals surface area (Å²) < 4.78 is 14.9. The van der Waals surface area contributed by atoms with Crippen molar-refractivity contribution in [2.24, 2.45) is 0 Å². The highest BCUT2D eigenvalue weighted by Gasteiger charge is 2.15. The second kappa shape index (κ2) is 5.23. The third kappa shape index (κ3) is 2.12. The Morgan fingerprint density at radius 2 is 1.95 bits per heavy atom. The van der Waals surface area contributed by atoms with E-state index in [1.165, 1.54) is 17.4 Å². The standard InChI is InChI=1S/C17H10ClFN2S/c18-15-7-10(9-22-15)11-5-6-20-17-16(11)13(8-21-17)12-3-1-2-4-14(12)19/h1-9H,(H,20,21). The molecular weight excluding hydrogens is 319 g/mol. The minimum atomic E-state index is -0.249. The summed E-state index contributed by atoms with van der Waals surface area (Å²) in [7, 11) is 0. The van der Waals surface area contributed by atoms with Crippen molar-refractivity contribution in [1.82, 2.24) is 9.97 Å². The summed E-state index contributed by atoms with van der Waals surface area (Å²) in [6, 6.07) is 10.6. The van der Waals surface area contributed by atoms with E-state index in [1.807, 2.05) is 23.6 Å². The molecule has 0 aliphatic heterocycles. The minimum Gasteiger partial charge on any atom is -0.345 e. The number of rotatable bonds is 2. The molecule has 22 heavy (non-hydrogen) atoms. The van der Waals surface area contributed by atoms with E-state index in [4.69, 9.17) is 11.6 Å². The summed E-state index contributed by atoms with van der Waals surface area (Å²) in [5.74, 6) is -0.249. The van der Waals surface area contributed by atoms with Crippen LogP contribution in [0.3, 0.4) is 0 Å². The highest BCUT2D eigenvalue weighted by atomic mass is 35.5. The molecule has 1 N–H and O–H groups in total. The van der Waals surface area contributed by atoms with Crippen LogP contribution < -0.4 is 0 Å². The average molecular weight is 329 g/mol. The lowest BCUT2D eigenvalue weighted by atomic mass is 9.99. The van der Waals surface area contributed by atoms with Crippen molar-refractivity contribution in [2.45, 2.75) is 0 Å². The van der Waals surface area contributed by atoms with Crippen LogP contribution in [-0.4, -0.2) is 9.97 Å². The second-order valence-corrected chi connectivity index (χ2v) is 6.45. The van der Waals surface area contributed by atoms with Gasteiger partial charge in [0.1, 0.15) is 11.5 Å². The Bertz CT molecular complexity index is 974. The van der Waals surface area contributed by atoms with Gasteiger partial charge in [0.25, 0.3) is 0 Å². The molecule has 0 spiro atoms. The van der Waals surface area contributed by atoms with Crippen molar-refractivity contribution in [3.05, 3.63) is 64.3 Å². The van der Waals surface area contributed by atoms with E-state index in [2.05, 4.69) is 9.97 Å². The quantitative estimate of drug-likeness (QED) is 0.498. The Morgan fingerprint density at radius 3 is 2.73 bits per heavy atom. The van der Waals surface area contributed by atoms with Gasteiger partial charge in [-0.2, -0.15) is 0 Å². The number of benzene rings is 1. The van der Waals surface area contributed by atoms with Crippen LogP contribution in [0.15, 0.2) is 54.2 Å². The molecule has 0 saturated carbocycles. The predicted molar refractivity (Wildman–Crippen MR) is 89.8 cm³/mol. The number of aromatic nitrogens is 2. The highest BCUT2D eigenvalue weighted by molar-refractivity contribution is 7.14. The highest BCUT2D eigenvalue weighted by Crippen LogP contribution is 2.38. The van der Waals surface area contributed by atoms with Crippen LogP contribution in [0.4, 0.5) is 4.39 Å². The monoisotopic (exact) mass is 328 g/mol. The molecule has 0 bridgehead atoms. The molecular formula is C17H10ClFN2S. The Hall–Kier alpha value is -2.17. The second-order valence-electron chi connectivity index (χ2n) is 4.90. The first-order valence-electron chi connectivity index (χ1n) is 6.69. The van der Waals surface area contributed by atoms with Crippen LogP contribution in [0.1, 0.15) is 0 Å². The van der Waals surface area contributed by atoms with E-state index in [0.717, 1.165) is 32.1 Å². The Kier molecular flexibility index (Phi) is 3.21. The molecule has 0 aliphatic rings. The molecule has 3 aromatic heterocycles. The van der Waals surface area contributed by atoms with Crippen molar-refractivity contribution in [1.29, 1.82) is 0 Å². The molecule has 4 aromatic rings. The number of hydrogen-bond acceptors (Lipinski definition) is 2. The molecule has 0 amide bonds. The molecule has 5 heteroatoms. The maximum Gasteiger partial charge on any atom is 0.138 e. The zero-order chi connectivity index (χ0) is 15.1. The van der Waals surface area contributed by atoms with Crippen molar-refractivity contribution >= 4 is 34.0 Å². The minimum absolute atomic E-state index is 0.249. The number of halogens is 2. The largest absolute Gasteiger partial charge is 0.345 e. The van der Waals surface area contributed by atoms with E-state index in [9.17, 15) is 4.39 Å². The number of fused-ring (bicyclic) bond motifs is 1. The third-order valence-electron chi connectivity index (χ3n) is 3.62. The summed E-state index contributed by atoms with van der Waals surface area (Å²) in [6.07, 6.45) is 3.54. The number of nitrogens with one attached hydrogen (secondary N) is 1. The summed E-state index contributed by atoms with van der Waals surface area (Å²) in [4.78, 5) is 7.47. The molecule has 0 radical (unpaired) electrons. The van der Waals surface area contributed by atoms with Gasteiger partial charge in [-0.05, 0) is 29.3 Å². The molecule has 4 rings (SSSR count). The third-order valence-corrected chi connectivity index (χ3v) is 4.71. The molecule has 108 valence electrons. The fourth-order valence-electron chi connectivity index (χ4n) is 2.64. The van der Waals surface area contributed by atoms with Crippen LogP contribution in [0.2, 0.25) is 4.34 Å². The lowest BCUT2D eigenvalue weighted by Crippen LogP contribution is -1.85. The first kappa shape index (κ1) is 13.5. The first-order valence-corrected chi connectivity index (χ1v) is 7.95. The average Bonchev–Trinajstić information content (AvgIpc) is 3.14. The normalized spacial score (nSPS) is 11.2. The fourth-order valence-corrected chi connectivity index (χ4v) is 3.52. The van der Waals surface area contributed by atoms with E-state index >= 15 is 0 Å². The Morgan fingerprint density at radius 1 is 1.09 bits per heavy atom. The molecule has 3 heterocycles. The van der Waals surface area contributed by atoms with Crippen LogP contribution in [0, 0.1) is 5.82 Å². The zero-order valence-corrected chi connectivity index (χ0v) is 12.9. The molecule has 2 nitrogen and oxygen atoms in total. The number of thiophene rings is 1. The number of nitrogens with zero attached hydrogens (tertiary/aromatic N) is 1. The topological polar surface area (TPSA) is 28.7 Å². The predicted octanol–water partition coefficient (Wildman–Crippen LogP) is 5.75. The van der Waals surface area contributed by atoms with Gasteiger partial charge in [0, 0.05) is 34.3 Å². The smallest absolute Gasteiger partial charge is 0.138 e. The fraction of sp³-hybridized carbons (Fsp3) is 0.